The molecular formula is C27H23ClN4O2S2. The molecule has 0 unspecified atom stereocenters. The molecule has 0 radical (unpaired) electrons. The number of aromatic nitrogens is 1. The number of carbonyl (C=O) groups excluding carboxylic acids is 1. The van der Waals surface area contributed by atoms with E-state index in [1.165, 1.54) is 11.8 Å². The number of hydrogen-bond acceptors (Lipinski definition) is 5. The molecule has 0 aliphatic carbocycles. The summed E-state index contributed by atoms with van der Waals surface area (Å²) in [7, 11) is 0. The lowest BCUT2D eigenvalue weighted by molar-refractivity contribution is -0.116. The van der Waals surface area contributed by atoms with E-state index < -0.39 is 0 Å². The number of halogens is 1. The van der Waals surface area contributed by atoms with Gasteiger partial charge in [-0.2, -0.15) is 0 Å². The van der Waals surface area contributed by atoms with Crippen LogP contribution in [0.3, 0.4) is 0 Å². The number of nitrogens with zero attached hydrogens (tertiary/aromatic N) is 2. The summed E-state index contributed by atoms with van der Waals surface area (Å²) in [4.78, 5) is 20.2. The molecule has 2 atom stereocenters. The number of anilines is 1. The summed E-state index contributed by atoms with van der Waals surface area (Å²) < 4.78 is 6.29. The first-order valence-electron chi connectivity index (χ1n) is 11.4. The standard InChI is InChI=1S/C27H23ClN4O2S2/c28-18-9-11-20(12-10-18)36-24-14-13-22(34-24)26-25(21-8-4-5-16-29-21)31-27(35)32(26)17-15-23(33)30-19-6-2-1-3-7-19/h1-14,16,25-26H,15,17H2,(H,30,33)(H,31,35)/t25-,26-/m1/s1. The number of thiocarbonyl (C=S) groups is 1. The van der Waals surface area contributed by atoms with E-state index in [1.54, 1.807) is 6.20 Å². The lowest BCUT2D eigenvalue weighted by Gasteiger charge is -2.25. The normalized spacial score (nSPS) is 17.1. The molecule has 182 valence electrons. The fourth-order valence-electron chi connectivity index (χ4n) is 4.09. The number of carbonyl (C=O) groups is 1. The van der Waals surface area contributed by atoms with Crippen LogP contribution in [-0.4, -0.2) is 27.4 Å². The quantitative estimate of drug-likeness (QED) is 0.251. The minimum absolute atomic E-state index is 0.0811. The molecule has 0 saturated carbocycles. The summed E-state index contributed by atoms with van der Waals surface area (Å²) in [6.45, 7) is 0.429. The van der Waals surface area contributed by atoms with Crippen LogP contribution in [0.1, 0.15) is 30.0 Å². The fourth-order valence-corrected chi connectivity index (χ4v) is 5.33. The van der Waals surface area contributed by atoms with Crippen LogP contribution in [-0.2, 0) is 4.79 Å². The van der Waals surface area contributed by atoms with E-state index >= 15 is 0 Å². The van der Waals surface area contributed by atoms with E-state index in [1.807, 2.05) is 89.8 Å². The molecule has 0 bridgehead atoms. The summed E-state index contributed by atoms with van der Waals surface area (Å²) >= 11 is 13.2. The van der Waals surface area contributed by atoms with Crippen molar-refractivity contribution in [3.63, 3.8) is 0 Å². The summed E-state index contributed by atoms with van der Waals surface area (Å²) in [5.74, 6) is 0.667. The van der Waals surface area contributed by atoms with Crippen molar-refractivity contribution in [2.75, 3.05) is 11.9 Å². The van der Waals surface area contributed by atoms with Gasteiger partial charge in [0.25, 0.3) is 0 Å². The highest BCUT2D eigenvalue weighted by Gasteiger charge is 2.41. The van der Waals surface area contributed by atoms with Gasteiger partial charge in [-0.15, -0.1) is 0 Å². The number of para-hydroxylation sites is 1. The molecule has 1 aliphatic rings. The van der Waals surface area contributed by atoms with Crippen molar-refractivity contribution in [3.05, 3.63) is 108 Å². The second-order valence-electron chi connectivity index (χ2n) is 8.20. The molecule has 9 heteroatoms. The van der Waals surface area contributed by atoms with Crippen LogP contribution in [0.4, 0.5) is 5.69 Å². The number of nitrogens with one attached hydrogen (secondary N) is 2. The third kappa shape index (κ3) is 5.73. The highest BCUT2D eigenvalue weighted by atomic mass is 35.5. The Labute approximate surface area is 224 Å². The van der Waals surface area contributed by atoms with E-state index in [-0.39, 0.29) is 24.4 Å². The van der Waals surface area contributed by atoms with E-state index in [0.29, 0.717) is 16.7 Å². The maximum atomic E-state index is 12.7. The van der Waals surface area contributed by atoms with Gasteiger partial charge in [-0.1, -0.05) is 47.6 Å². The Balaban J connectivity index is 1.36. The zero-order chi connectivity index (χ0) is 24.9. The molecule has 1 fully saturated rings. The number of rotatable bonds is 8. The molecule has 1 saturated heterocycles. The molecule has 2 N–H and O–H groups in total. The Morgan fingerprint density at radius 1 is 1.06 bits per heavy atom. The first-order valence-corrected chi connectivity index (χ1v) is 13.0. The Bertz CT molecular complexity index is 1330. The van der Waals surface area contributed by atoms with Crippen LogP contribution in [0.2, 0.25) is 5.02 Å². The average Bonchev–Trinajstić information content (AvgIpc) is 3.49. The SMILES string of the molecule is O=C(CCN1C(=S)N[C@H](c2ccccn2)[C@H]1c1ccc(Sc2ccc(Cl)cc2)o1)Nc1ccccc1. The van der Waals surface area contributed by atoms with Gasteiger partial charge >= 0.3 is 0 Å². The molecule has 6 nitrogen and oxygen atoms in total. The minimum Gasteiger partial charge on any atom is -0.452 e. The van der Waals surface area contributed by atoms with Gasteiger partial charge in [-0.3, -0.25) is 9.78 Å². The minimum atomic E-state index is -0.253. The number of furan rings is 1. The van der Waals surface area contributed by atoms with Gasteiger partial charge in [0.1, 0.15) is 11.8 Å². The molecule has 1 amide bonds. The predicted molar refractivity (Wildman–Crippen MR) is 146 cm³/mol. The van der Waals surface area contributed by atoms with Crippen molar-refractivity contribution in [2.24, 2.45) is 0 Å². The van der Waals surface area contributed by atoms with Gasteiger partial charge in [-0.25, -0.2) is 0 Å². The average molecular weight is 535 g/mol. The Morgan fingerprint density at radius 2 is 1.83 bits per heavy atom. The van der Waals surface area contributed by atoms with E-state index in [0.717, 1.165) is 27.1 Å². The van der Waals surface area contributed by atoms with Gasteiger partial charge in [-0.05, 0) is 72.9 Å². The Hall–Kier alpha value is -3.33. The first-order chi connectivity index (χ1) is 17.6. The largest absolute Gasteiger partial charge is 0.452 e. The third-order valence-electron chi connectivity index (χ3n) is 5.76. The van der Waals surface area contributed by atoms with Crippen LogP contribution < -0.4 is 10.6 Å². The van der Waals surface area contributed by atoms with Crippen LogP contribution >= 0.6 is 35.6 Å². The van der Waals surface area contributed by atoms with Gasteiger partial charge < -0.3 is 20.0 Å². The van der Waals surface area contributed by atoms with Gasteiger partial charge in [0.2, 0.25) is 5.91 Å². The zero-order valence-corrected chi connectivity index (χ0v) is 21.5. The van der Waals surface area contributed by atoms with Crippen molar-refractivity contribution in [1.29, 1.82) is 0 Å². The molecule has 3 heterocycles. The number of benzene rings is 2. The van der Waals surface area contributed by atoms with Crippen molar-refractivity contribution in [3.8, 4) is 0 Å². The van der Waals surface area contributed by atoms with Crippen LogP contribution in [0.15, 0.2) is 106 Å². The summed E-state index contributed by atoms with van der Waals surface area (Å²) in [6.07, 6.45) is 2.03. The monoisotopic (exact) mass is 534 g/mol. The smallest absolute Gasteiger partial charge is 0.226 e. The lowest BCUT2D eigenvalue weighted by atomic mass is 10.0. The summed E-state index contributed by atoms with van der Waals surface area (Å²) in [5.41, 5.74) is 1.62. The molecule has 5 rings (SSSR count). The lowest BCUT2D eigenvalue weighted by Crippen LogP contribution is -2.32. The second kappa shape index (κ2) is 11.2. The summed E-state index contributed by atoms with van der Waals surface area (Å²) in [5, 5.41) is 8.33. The first kappa shape index (κ1) is 24.4. The van der Waals surface area contributed by atoms with E-state index in [2.05, 4.69) is 15.6 Å². The van der Waals surface area contributed by atoms with Crippen molar-refractivity contribution >= 4 is 52.3 Å². The maximum Gasteiger partial charge on any atom is 0.226 e. The van der Waals surface area contributed by atoms with Crippen LogP contribution in [0.25, 0.3) is 0 Å². The van der Waals surface area contributed by atoms with Crippen LogP contribution in [0.5, 0.6) is 0 Å². The van der Waals surface area contributed by atoms with Gasteiger partial charge in [0, 0.05) is 34.8 Å². The van der Waals surface area contributed by atoms with E-state index in [9.17, 15) is 4.79 Å². The molecule has 4 aromatic rings. The van der Waals surface area contributed by atoms with E-state index in [4.69, 9.17) is 28.2 Å². The molecule has 0 spiro atoms. The maximum absolute atomic E-state index is 12.7. The molecule has 36 heavy (non-hydrogen) atoms. The van der Waals surface area contributed by atoms with Gasteiger partial charge in [0.05, 0.1) is 11.7 Å². The van der Waals surface area contributed by atoms with Crippen molar-refractivity contribution in [2.45, 2.75) is 28.5 Å². The highest BCUT2D eigenvalue weighted by Crippen LogP contribution is 2.41. The van der Waals surface area contributed by atoms with Crippen LogP contribution in [0, 0.1) is 0 Å². The molecule has 1 aliphatic heterocycles. The molecular weight excluding hydrogens is 512 g/mol. The zero-order valence-electron chi connectivity index (χ0n) is 19.1. The third-order valence-corrected chi connectivity index (χ3v) is 7.29. The Morgan fingerprint density at radius 3 is 2.58 bits per heavy atom. The predicted octanol–water partition coefficient (Wildman–Crippen LogP) is 6.48. The Kier molecular flexibility index (Phi) is 7.55. The number of amides is 1. The number of hydrogen-bond donors (Lipinski definition) is 2. The topological polar surface area (TPSA) is 70.4 Å². The van der Waals surface area contributed by atoms with Crippen molar-refractivity contribution in [1.82, 2.24) is 15.2 Å². The number of pyridine rings is 1. The fraction of sp³-hybridized carbons (Fsp3) is 0.148. The second-order valence-corrected chi connectivity index (χ2v) is 10.1. The summed E-state index contributed by atoms with van der Waals surface area (Å²) in [6, 6.07) is 26.3. The van der Waals surface area contributed by atoms with Crippen molar-refractivity contribution < 1.29 is 9.21 Å². The molecule has 2 aromatic carbocycles. The molecule has 2 aromatic heterocycles. The highest BCUT2D eigenvalue weighted by molar-refractivity contribution is 7.99. The van der Waals surface area contributed by atoms with Gasteiger partial charge in [0.15, 0.2) is 10.2 Å².